The van der Waals surface area contributed by atoms with Crippen molar-refractivity contribution in [3.8, 4) is 16.3 Å². The van der Waals surface area contributed by atoms with Crippen LogP contribution < -0.4 is 15.2 Å². The molecule has 0 saturated heterocycles. The Kier molecular flexibility index (Phi) is 5.78. The Bertz CT molecular complexity index is 1090. The maximum Gasteiger partial charge on any atom is 0.263 e. The van der Waals surface area contributed by atoms with E-state index < -0.39 is 10.0 Å². The molecule has 0 fully saturated rings. The molecule has 0 bridgehead atoms. The first-order valence-corrected chi connectivity index (χ1v) is 10.7. The maximum absolute atomic E-state index is 12.5. The lowest BCUT2D eigenvalue weighted by molar-refractivity contribution is 0.0954. The third-order valence-corrected chi connectivity index (χ3v) is 6.18. The van der Waals surface area contributed by atoms with Gasteiger partial charge in [-0.05, 0) is 48.9 Å². The Hall–Kier alpha value is -2.75. The lowest BCUT2D eigenvalue weighted by Gasteiger charge is -2.05. The number of benzene rings is 2. The minimum atomic E-state index is -3.73. The van der Waals surface area contributed by atoms with E-state index >= 15 is 0 Å². The molecule has 3 rings (SSSR count). The lowest BCUT2D eigenvalue weighted by Crippen LogP contribution is -2.22. The summed E-state index contributed by atoms with van der Waals surface area (Å²) in [5.74, 6) is 0.522. The first-order chi connectivity index (χ1) is 13.3. The summed E-state index contributed by atoms with van der Waals surface area (Å²) >= 11 is 1.32. The van der Waals surface area contributed by atoms with Crippen LogP contribution in [0.1, 0.15) is 20.9 Å². The second-order valence-electron chi connectivity index (χ2n) is 6.03. The summed E-state index contributed by atoms with van der Waals surface area (Å²) in [5.41, 5.74) is 2.32. The summed E-state index contributed by atoms with van der Waals surface area (Å²) in [7, 11) is -2.12. The van der Waals surface area contributed by atoms with Crippen molar-refractivity contribution in [2.24, 2.45) is 5.14 Å². The molecule has 0 atom stereocenters. The molecule has 0 aliphatic carbocycles. The van der Waals surface area contributed by atoms with Gasteiger partial charge in [-0.15, -0.1) is 11.3 Å². The number of thiazole rings is 1. The number of carbonyl (C=O) groups is 1. The van der Waals surface area contributed by atoms with E-state index in [1.807, 2.05) is 24.3 Å². The first-order valence-electron chi connectivity index (χ1n) is 8.29. The molecule has 1 heterocycles. The summed E-state index contributed by atoms with van der Waals surface area (Å²) in [5, 5.41) is 8.66. The monoisotopic (exact) mass is 417 g/mol. The topological polar surface area (TPSA) is 111 Å². The summed E-state index contributed by atoms with van der Waals surface area (Å²) in [6.07, 6.45) is 0. The molecule has 0 spiro atoms. The summed E-state index contributed by atoms with van der Waals surface area (Å²) < 4.78 is 27.7. The van der Waals surface area contributed by atoms with Gasteiger partial charge < -0.3 is 10.1 Å². The van der Waals surface area contributed by atoms with Crippen LogP contribution in [0.15, 0.2) is 53.4 Å². The van der Waals surface area contributed by atoms with Crippen LogP contribution in [0, 0.1) is 6.92 Å². The SMILES string of the molecule is COc1ccc(-c2nc(C)c(C(=O)NCc3ccc(S(N)(=O)=O)cc3)s2)cc1. The molecule has 3 N–H and O–H groups in total. The number of nitrogens with one attached hydrogen (secondary N) is 1. The van der Waals surface area contributed by atoms with E-state index in [2.05, 4.69) is 10.3 Å². The standard InChI is InChI=1S/C19H19N3O4S2/c1-12-17(27-19(22-12)14-5-7-15(26-2)8-6-14)18(23)21-11-13-3-9-16(10-4-13)28(20,24)25/h3-10H,11H2,1-2H3,(H,21,23)(H2,20,24,25). The van der Waals surface area contributed by atoms with Crippen molar-refractivity contribution in [1.82, 2.24) is 10.3 Å². The molecule has 0 aliphatic heterocycles. The van der Waals surface area contributed by atoms with Crippen LogP contribution in [0.25, 0.3) is 10.6 Å². The summed E-state index contributed by atoms with van der Waals surface area (Å²) in [4.78, 5) is 17.6. The molecule has 0 saturated carbocycles. The number of hydrogen-bond acceptors (Lipinski definition) is 6. The van der Waals surface area contributed by atoms with Gasteiger partial charge in [-0.1, -0.05) is 12.1 Å². The van der Waals surface area contributed by atoms with Gasteiger partial charge in [0.05, 0.1) is 17.7 Å². The van der Waals surface area contributed by atoms with Crippen molar-refractivity contribution < 1.29 is 17.9 Å². The quantitative estimate of drug-likeness (QED) is 0.640. The molecule has 2 aromatic carbocycles. The average Bonchev–Trinajstić information content (AvgIpc) is 3.07. The highest BCUT2D eigenvalue weighted by Crippen LogP contribution is 2.29. The highest BCUT2D eigenvalue weighted by atomic mass is 32.2. The minimum absolute atomic E-state index is 0.0324. The zero-order chi connectivity index (χ0) is 20.3. The second kappa shape index (κ2) is 8.09. The van der Waals surface area contributed by atoms with Gasteiger partial charge in [0.2, 0.25) is 10.0 Å². The fourth-order valence-corrected chi connectivity index (χ4v) is 4.03. The fourth-order valence-electron chi connectivity index (χ4n) is 2.52. The molecule has 1 amide bonds. The van der Waals surface area contributed by atoms with Crippen LogP contribution in [-0.2, 0) is 16.6 Å². The molecule has 9 heteroatoms. The van der Waals surface area contributed by atoms with Crippen molar-refractivity contribution in [3.05, 3.63) is 64.7 Å². The number of methoxy groups -OCH3 is 1. The van der Waals surface area contributed by atoms with Crippen molar-refractivity contribution >= 4 is 27.3 Å². The van der Waals surface area contributed by atoms with E-state index in [1.165, 1.54) is 23.5 Å². The Balaban J connectivity index is 1.70. The Morgan fingerprint density at radius 1 is 1.14 bits per heavy atom. The van der Waals surface area contributed by atoms with Crippen LogP contribution in [0.4, 0.5) is 0 Å². The number of aryl methyl sites for hydroxylation is 1. The van der Waals surface area contributed by atoms with Crippen molar-refractivity contribution in [2.45, 2.75) is 18.4 Å². The number of amides is 1. The molecular weight excluding hydrogens is 398 g/mol. The third-order valence-electron chi connectivity index (χ3n) is 4.04. The number of sulfonamides is 1. The van der Waals surface area contributed by atoms with Gasteiger partial charge in [0.25, 0.3) is 5.91 Å². The molecule has 0 aliphatic rings. The Labute approximate surface area is 167 Å². The van der Waals surface area contributed by atoms with Crippen LogP contribution in [0.5, 0.6) is 5.75 Å². The number of primary sulfonamides is 1. The van der Waals surface area contributed by atoms with E-state index in [9.17, 15) is 13.2 Å². The number of hydrogen-bond donors (Lipinski definition) is 2. The number of ether oxygens (including phenoxy) is 1. The van der Waals surface area contributed by atoms with E-state index in [0.717, 1.165) is 21.9 Å². The van der Waals surface area contributed by atoms with Crippen LogP contribution in [-0.4, -0.2) is 26.4 Å². The number of carbonyl (C=O) groups excluding carboxylic acids is 1. The van der Waals surface area contributed by atoms with Gasteiger partial charge in [-0.3, -0.25) is 4.79 Å². The molecule has 146 valence electrons. The van der Waals surface area contributed by atoms with Gasteiger partial charge in [0, 0.05) is 12.1 Å². The van der Waals surface area contributed by atoms with Gasteiger partial charge in [0.1, 0.15) is 15.6 Å². The zero-order valence-corrected chi connectivity index (χ0v) is 16.9. The minimum Gasteiger partial charge on any atom is -0.497 e. The number of nitrogens with zero attached hydrogens (tertiary/aromatic N) is 1. The molecule has 28 heavy (non-hydrogen) atoms. The summed E-state index contributed by atoms with van der Waals surface area (Å²) in [6.45, 7) is 2.05. The van der Waals surface area contributed by atoms with Gasteiger partial charge in [-0.25, -0.2) is 18.5 Å². The normalized spacial score (nSPS) is 11.2. The fraction of sp³-hybridized carbons (Fsp3) is 0.158. The molecule has 0 unspecified atom stereocenters. The zero-order valence-electron chi connectivity index (χ0n) is 15.3. The molecule has 7 nitrogen and oxygen atoms in total. The third kappa shape index (κ3) is 4.56. The maximum atomic E-state index is 12.5. The largest absolute Gasteiger partial charge is 0.497 e. The molecule has 0 radical (unpaired) electrons. The van der Waals surface area contributed by atoms with Crippen LogP contribution >= 0.6 is 11.3 Å². The average molecular weight is 418 g/mol. The van der Waals surface area contributed by atoms with Crippen molar-refractivity contribution in [1.29, 1.82) is 0 Å². The number of aromatic nitrogens is 1. The first kappa shape index (κ1) is 20.0. The van der Waals surface area contributed by atoms with Crippen LogP contribution in [0.3, 0.4) is 0 Å². The predicted molar refractivity (Wildman–Crippen MR) is 108 cm³/mol. The molecule has 3 aromatic rings. The molecule has 1 aromatic heterocycles. The second-order valence-corrected chi connectivity index (χ2v) is 8.59. The van der Waals surface area contributed by atoms with Crippen molar-refractivity contribution in [2.75, 3.05) is 7.11 Å². The number of nitrogens with two attached hydrogens (primary N) is 1. The van der Waals surface area contributed by atoms with E-state index in [1.54, 1.807) is 26.2 Å². The molecular formula is C19H19N3O4S2. The smallest absolute Gasteiger partial charge is 0.263 e. The Morgan fingerprint density at radius 3 is 2.36 bits per heavy atom. The lowest BCUT2D eigenvalue weighted by atomic mass is 10.2. The predicted octanol–water partition coefficient (Wildman–Crippen LogP) is 2.70. The van der Waals surface area contributed by atoms with E-state index in [0.29, 0.717) is 10.6 Å². The van der Waals surface area contributed by atoms with E-state index in [4.69, 9.17) is 9.88 Å². The summed E-state index contributed by atoms with van der Waals surface area (Å²) in [6, 6.07) is 13.5. The van der Waals surface area contributed by atoms with Crippen molar-refractivity contribution in [3.63, 3.8) is 0 Å². The van der Waals surface area contributed by atoms with Gasteiger partial charge in [0.15, 0.2) is 0 Å². The van der Waals surface area contributed by atoms with Gasteiger partial charge >= 0.3 is 0 Å². The number of rotatable bonds is 6. The highest BCUT2D eigenvalue weighted by Gasteiger charge is 2.16. The highest BCUT2D eigenvalue weighted by molar-refractivity contribution is 7.89. The van der Waals surface area contributed by atoms with Crippen LogP contribution in [0.2, 0.25) is 0 Å². The van der Waals surface area contributed by atoms with E-state index in [-0.39, 0.29) is 17.3 Å². The van der Waals surface area contributed by atoms with Gasteiger partial charge in [-0.2, -0.15) is 0 Å². The Morgan fingerprint density at radius 2 is 1.79 bits per heavy atom.